The molecule has 0 radical (unpaired) electrons. The van der Waals surface area contributed by atoms with Gasteiger partial charge >= 0.3 is 5.97 Å². The van der Waals surface area contributed by atoms with Gasteiger partial charge in [0.25, 0.3) is 0 Å². The molecule has 0 bridgehead atoms. The van der Waals surface area contributed by atoms with Gasteiger partial charge in [0, 0.05) is 12.4 Å². The van der Waals surface area contributed by atoms with Crippen LogP contribution in [-0.2, 0) is 0 Å². The number of aromatic nitrogens is 1. The number of carbonyl (C=O) groups is 1. The minimum absolute atomic E-state index is 0.0965. The molecule has 2 rings (SSSR count). The highest BCUT2D eigenvalue weighted by molar-refractivity contribution is 5.90. The molecule has 110 valence electrons. The van der Waals surface area contributed by atoms with Crippen LogP contribution in [-0.4, -0.2) is 22.2 Å². The number of rotatable bonds is 4. The molecule has 0 saturated heterocycles. The monoisotopic (exact) mass is 277 g/mol. The van der Waals surface area contributed by atoms with E-state index in [1.165, 1.54) is 12.6 Å². The SMILES string of the molecule is CC1CCC(C(C)C)C(Oc2ccncc2C(=O)O)C1. The van der Waals surface area contributed by atoms with E-state index in [2.05, 4.69) is 25.8 Å². The molecule has 1 fully saturated rings. The highest BCUT2D eigenvalue weighted by Gasteiger charge is 2.32. The van der Waals surface area contributed by atoms with Crippen molar-refractivity contribution in [3.05, 3.63) is 24.0 Å². The van der Waals surface area contributed by atoms with Crippen molar-refractivity contribution >= 4 is 5.97 Å². The van der Waals surface area contributed by atoms with Gasteiger partial charge in [-0.25, -0.2) is 4.79 Å². The van der Waals surface area contributed by atoms with Crippen molar-refractivity contribution in [3.63, 3.8) is 0 Å². The van der Waals surface area contributed by atoms with E-state index in [0.717, 1.165) is 12.8 Å². The van der Waals surface area contributed by atoms with Crippen molar-refractivity contribution in [1.29, 1.82) is 0 Å². The Labute approximate surface area is 120 Å². The Bertz CT molecular complexity index is 473. The Balaban J connectivity index is 2.20. The summed E-state index contributed by atoms with van der Waals surface area (Å²) < 4.78 is 6.07. The molecule has 0 aromatic carbocycles. The minimum atomic E-state index is -0.988. The number of ether oxygens (including phenoxy) is 1. The van der Waals surface area contributed by atoms with Gasteiger partial charge in [-0.1, -0.05) is 27.2 Å². The molecule has 3 atom stereocenters. The van der Waals surface area contributed by atoms with E-state index in [4.69, 9.17) is 4.74 Å². The van der Waals surface area contributed by atoms with Gasteiger partial charge in [-0.2, -0.15) is 0 Å². The normalized spacial score (nSPS) is 26.5. The van der Waals surface area contributed by atoms with Crippen molar-refractivity contribution in [2.45, 2.75) is 46.1 Å². The largest absolute Gasteiger partial charge is 0.489 e. The standard InChI is InChI=1S/C16H23NO3/c1-10(2)12-5-4-11(3)8-15(12)20-14-6-7-17-9-13(14)16(18)19/h6-7,9-12,15H,4-5,8H2,1-3H3,(H,18,19). The van der Waals surface area contributed by atoms with Gasteiger partial charge in [-0.3, -0.25) is 4.98 Å². The van der Waals surface area contributed by atoms with Crippen LogP contribution in [0.1, 0.15) is 50.4 Å². The lowest BCUT2D eigenvalue weighted by Gasteiger charge is -2.37. The van der Waals surface area contributed by atoms with Gasteiger partial charge in [0.2, 0.25) is 0 Å². The molecule has 20 heavy (non-hydrogen) atoms. The number of aromatic carboxylic acids is 1. The highest BCUT2D eigenvalue weighted by atomic mass is 16.5. The van der Waals surface area contributed by atoms with Gasteiger partial charge < -0.3 is 9.84 Å². The molecule has 4 heteroatoms. The highest BCUT2D eigenvalue weighted by Crippen LogP contribution is 2.36. The second-order valence-corrected chi connectivity index (χ2v) is 6.16. The molecule has 0 amide bonds. The van der Waals surface area contributed by atoms with Crippen LogP contribution in [0.25, 0.3) is 0 Å². The Hall–Kier alpha value is -1.58. The van der Waals surface area contributed by atoms with E-state index in [1.807, 2.05) is 0 Å². The summed E-state index contributed by atoms with van der Waals surface area (Å²) in [6.07, 6.45) is 6.40. The maximum absolute atomic E-state index is 11.2. The second-order valence-electron chi connectivity index (χ2n) is 6.16. The third-order valence-corrected chi connectivity index (χ3v) is 4.25. The number of carboxylic acid groups (broad SMARTS) is 1. The lowest BCUT2D eigenvalue weighted by molar-refractivity contribution is 0.0436. The molecule has 4 nitrogen and oxygen atoms in total. The molecule has 1 saturated carbocycles. The first-order valence-corrected chi connectivity index (χ1v) is 7.33. The topological polar surface area (TPSA) is 59.4 Å². The minimum Gasteiger partial charge on any atom is -0.489 e. The lowest BCUT2D eigenvalue weighted by Crippen LogP contribution is -2.36. The molecule has 0 aliphatic heterocycles. The molecular weight excluding hydrogens is 254 g/mol. The summed E-state index contributed by atoms with van der Waals surface area (Å²) in [5.74, 6) is 1.11. The van der Waals surface area contributed by atoms with E-state index in [0.29, 0.717) is 23.5 Å². The van der Waals surface area contributed by atoms with E-state index in [-0.39, 0.29) is 11.7 Å². The first-order valence-electron chi connectivity index (χ1n) is 7.33. The number of hydrogen-bond donors (Lipinski definition) is 1. The van der Waals surface area contributed by atoms with Gasteiger partial charge in [-0.15, -0.1) is 0 Å². The molecule has 1 aromatic rings. The zero-order valence-corrected chi connectivity index (χ0v) is 12.4. The third kappa shape index (κ3) is 3.30. The quantitative estimate of drug-likeness (QED) is 0.913. The van der Waals surface area contributed by atoms with E-state index in [1.54, 1.807) is 12.3 Å². The van der Waals surface area contributed by atoms with Crippen molar-refractivity contribution in [2.75, 3.05) is 0 Å². The summed E-state index contributed by atoms with van der Waals surface area (Å²) in [6.45, 7) is 6.65. The van der Waals surface area contributed by atoms with Crippen LogP contribution in [0.4, 0.5) is 0 Å². The second kappa shape index (κ2) is 6.25. The summed E-state index contributed by atoms with van der Waals surface area (Å²) in [5.41, 5.74) is 0.147. The van der Waals surface area contributed by atoms with Crippen LogP contribution in [0.5, 0.6) is 5.75 Å². The predicted octanol–water partition coefficient (Wildman–Crippen LogP) is 3.62. The molecule has 3 unspecified atom stereocenters. The van der Waals surface area contributed by atoms with Crippen LogP contribution in [0.15, 0.2) is 18.5 Å². The Morgan fingerprint density at radius 3 is 2.85 bits per heavy atom. The Morgan fingerprint density at radius 2 is 2.20 bits per heavy atom. The van der Waals surface area contributed by atoms with Crippen LogP contribution in [0.2, 0.25) is 0 Å². The molecule has 1 N–H and O–H groups in total. The third-order valence-electron chi connectivity index (χ3n) is 4.25. The number of hydrogen-bond acceptors (Lipinski definition) is 3. The van der Waals surface area contributed by atoms with Gasteiger partial charge in [0.1, 0.15) is 17.4 Å². The van der Waals surface area contributed by atoms with Gasteiger partial charge in [0.05, 0.1) is 0 Å². The number of carboxylic acids is 1. The summed E-state index contributed by atoms with van der Waals surface area (Å²) >= 11 is 0. The first kappa shape index (κ1) is 14.8. The zero-order valence-electron chi connectivity index (χ0n) is 12.4. The molecular formula is C16H23NO3. The molecule has 1 heterocycles. The summed E-state index contributed by atoms with van der Waals surface area (Å²) in [7, 11) is 0. The van der Waals surface area contributed by atoms with Crippen molar-refractivity contribution in [1.82, 2.24) is 4.98 Å². The molecule has 0 spiro atoms. The number of pyridine rings is 1. The zero-order chi connectivity index (χ0) is 14.7. The lowest BCUT2D eigenvalue weighted by atomic mass is 9.75. The molecule has 1 aromatic heterocycles. The van der Waals surface area contributed by atoms with E-state index in [9.17, 15) is 9.90 Å². The Kier molecular flexibility index (Phi) is 4.63. The van der Waals surface area contributed by atoms with E-state index < -0.39 is 5.97 Å². The molecule has 1 aliphatic rings. The van der Waals surface area contributed by atoms with Crippen LogP contribution in [0, 0.1) is 17.8 Å². The molecule has 1 aliphatic carbocycles. The fraction of sp³-hybridized carbons (Fsp3) is 0.625. The maximum Gasteiger partial charge on any atom is 0.341 e. The fourth-order valence-corrected chi connectivity index (χ4v) is 3.06. The summed E-state index contributed by atoms with van der Waals surface area (Å²) in [4.78, 5) is 15.1. The van der Waals surface area contributed by atoms with Crippen LogP contribution in [0.3, 0.4) is 0 Å². The van der Waals surface area contributed by atoms with Crippen LogP contribution >= 0.6 is 0 Å². The van der Waals surface area contributed by atoms with Crippen LogP contribution < -0.4 is 4.74 Å². The smallest absolute Gasteiger partial charge is 0.341 e. The maximum atomic E-state index is 11.2. The Morgan fingerprint density at radius 1 is 1.45 bits per heavy atom. The first-order chi connectivity index (χ1) is 9.49. The van der Waals surface area contributed by atoms with Gasteiger partial charge in [-0.05, 0) is 36.7 Å². The van der Waals surface area contributed by atoms with Crippen molar-refractivity contribution in [3.8, 4) is 5.75 Å². The fourth-order valence-electron chi connectivity index (χ4n) is 3.06. The van der Waals surface area contributed by atoms with Crippen molar-refractivity contribution in [2.24, 2.45) is 17.8 Å². The van der Waals surface area contributed by atoms with E-state index >= 15 is 0 Å². The van der Waals surface area contributed by atoms with Gasteiger partial charge in [0.15, 0.2) is 0 Å². The summed E-state index contributed by atoms with van der Waals surface area (Å²) in [5, 5.41) is 9.20. The number of nitrogens with zero attached hydrogens (tertiary/aromatic N) is 1. The summed E-state index contributed by atoms with van der Waals surface area (Å²) in [6, 6.07) is 1.65. The predicted molar refractivity (Wildman–Crippen MR) is 77.0 cm³/mol. The average Bonchev–Trinajstić information content (AvgIpc) is 2.38. The average molecular weight is 277 g/mol. The van der Waals surface area contributed by atoms with Crippen molar-refractivity contribution < 1.29 is 14.6 Å².